The molecule has 2 fully saturated rings. The van der Waals surface area contributed by atoms with Crippen LogP contribution in [0, 0.1) is 13.8 Å². The Kier molecular flexibility index (Phi) is 9.93. The molecule has 0 bridgehead atoms. The average molecular weight is 545 g/mol. The van der Waals surface area contributed by atoms with Gasteiger partial charge in [0, 0.05) is 44.2 Å². The van der Waals surface area contributed by atoms with Gasteiger partial charge < -0.3 is 24.6 Å². The Morgan fingerprint density at radius 1 is 1.05 bits per heavy atom. The van der Waals surface area contributed by atoms with Gasteiger partial charge in [-0.2, -0.15) is 0 Å². The third-order valence-corrected chi connectivity index (χ3v) is 8.15. The van der Waals surface area contributed by atoms with Crippen molar-refractivity contribution < 1.29 is 24.5 Å². The van der Waals surface area contributed by atoms with Gasteiger partial charge in [-0.25, -0.2) is 0 Å². The van der Waals surface area contributed by atoms with E-state index in [9.17, 15) is 15.0 Å². The number of nitrogens with zero attached hydrogens (tertiary/aromatic N) is 2. The van der Waals surface area contributed by atoms with E-state index in [2.05, 4.69) is 4.90 Å². The van der Waals surface area contributed by atoms with Gasteiger partial charge in [0.2, 0.25) is 5.91 Å². The van der Waals surface area contributed by atoms with Gasteiger partial charge in [0.05, 0.1) is 12.7 Å². The van der Waals surface area contributed by atoms with Crippen LogP contribution in [0.5, 0.6) is 11.5 Å². The fraction of sp³-hybridized carbons (Fsp3) is 0.567. The van der Waals surface area contributed by atoms with Gasteiger partial charge >= 0.3 is 0 Å². The van der Waals surface area contributed by atoms with E-state index in [1.807, 2.05) is 55.1 Å². The smallest absolute Gasteiger partial charge is 0.222 e. The minimum Gasteiger partial charge on any atom is -0.494 e. The minimum atomic E-state index is -1.38. The van der Waals surface area contributed by atoms with Crippen molar-refractivity contribution in [2.45, 2.75) is 70.6 Å². The van der Waals surface area contributed by atoms with Gasteiger partial charge in [-0.1, -0.05) is 30.2 Å². The molecule has 2 N–H and O–H groups in total. The molecule has 2 saturated heterocycles. The number of piperidine rings is 1. The molecule has 0 unspecified atom stereocenters. The lowest BCUT2D eigenvalue weighted by molar-refractivity contribution is -0.140. The van der Waals surface area contributed by atoms with E-state index >= 15 is 0 Å². The molecule has 208 valence electrons. The number of aryl methyl sites for hydroxylation is 2. The molecule has 2 heterocycles. The zero-order chi connectivity index (χ0) is 27.1. The highest BCUT2D eigenvalue weighted by atomic mass is 35.5. The van der Waals surface area contributed by atoms with Gasteiger partial charge in [-0.15, -0.1) is 0 Å². The Hall–Kier alpha value is -2.32. The van der Waals surface area contributed by atoms with Crippen molar-refractivity contribution in [1.82, 2.24) is 9.80 Å². The largest absolute Gasteiger partial charge is 0.494 e. The van der Waals surface area contributed by atoms with Gasteiger partial charge in [0.1, 0.15) is 23.7 Å². The molecule has 2 atom stereocenters. The first kappa shape index (κ1) is 28.7. The van der Waals surface area contributed by atoms with Crippen molar-refractivity contribution in [2.24, 2.45) is 0 Å². The summed E-state index contributed by atoms with van der Waals surface area (Å²) < 4.78 is 11.9. The standard InChI is InChI=1S/C30H41ClN2O5/c1-22-16-26(17-23(2)29(22)31)38-21-30(36)20-32(14-11-27(30)34)19-24-8-6-9-25(18-24)37-15-7-13-33-12-5-3-4-10-28(33)35/h6,8-9,16-18,27,34,36H,3-5,7,10-15,19-21H2,1-2H3/t27-,30-/m0/s1. The molecule has 2 aromatic carbocycles. The van der Waals surface area contributed by atoms with Crippen LogP contribution in [0.3, 0.4) is 0 Å². The molecular formula is C30H41ClN2O5. The number of hydrogen-bond donors (Lipinski definition) is 2. The second-order valence-corrected chi connectivity index (χ2v) is 11.2. The number of amides is 1. The SMILES string of the molecule is Cc1cc(OC[C@@]2(O)CN(Cc3cccc(OCCCN4CCCCCC4=O)c3)CC[C@@H]2O)cc(C)c1Cl. The molecule has 4 rings (SSSR count). The monoisotopic (exact) mass is 544 g/mol. The normalized spacial score (nSPS) is 22.8. The second-order valence-electron chi connectivity index (χ2n) is 10.8. The topological polar surface area (TPSA) is 82.5 Å². The predicted octanol–water partition coefficient (Wildman–Crippen LogP) is 4.51. The number of benzene rings is 2. The van der Waals surface area contributed by atoms with Crippen LogP contribution in [0.2, 0.25) is 5.02 Å². The maximum absolute atomic E-state index is 12.2. The maximum atomic E-state index is 12.2. The van der Waals surface area contributed by atoms with E-state index in [4.69, 9.17) is 21.1 Å². The first-order valence-corrected chi connectivity index (χ1v) is 14.1. The summed E-state index contributed by atoms with van der Waals surface area (Å²) in [6.07, 6.45) is 4.29. The van der Waals surface area contributed by atoms with Crippen LogP contribution in [0.15, 0.2) is 36.4 Å². The van der Waals surface area contributed by atoms with Crippen LogP contribution in [0.1, 0.15) is 55.2 Å². The molecular weight excluding hydrogens is 504 g/mol. The number of halogens is 1. The lowest BCUT2D eigenvalue weighted by atomic mass is 9.90. The molecule has 2 aliphatic rings. The van der Waals surface area contributed by atoms with Gasteiger partial charge in [-0.05, 0) is 80.5 Å². The van der Waals surface area contributed by atoms with E-state index in [0.717, 1.165) is 61.2 Å². The minimum absolute atomic E-state index is 0.00610. The van der Waals surface area contributed by atoms with Crippen LogP contribution in [-0.2, 0) is 11.3 Å². The van der Waals surface area contributed by atoms with Crippen molar-refractivity contribution in [1.29, 1.82) is 0 Å². The zero-order valence-electron chi connectivity index (χ0n) is 22.6. The summed E-state index contributed by atoms with van der Waals surface area (Å²) in [7, 11) is 0. The molecule has 1 amide bonds. The number of hydrogen-bond acceptors (Lipinski definition) is 6. The fourth-order valence-corrected chi connectivity index (χ4v) is 5.44. The van der Waals surface area contributed by atoms with Crippen LogP contribution >= 0.6 is 11.6 Å². The molecule has 2 aromatic rings. The number of β-amino-alcohol motifs (C(OH)–C–C–N with tert-alkyl or cyclic N) is 1. The Balaban J connectivity index is 1.28. The number of ether oxygens (including phenoxy) is 2. The second kappa shape index (κ2) is 13.2. The van der Waals surface area contributed by atoms with E-state index < -0.39 is 11.7 Å². The molecule has 0 saturated carbocycles. The number of aliphatic hydroxyl groups excluding tert-OH is 1. The first-order chi connectivity index (χ1) is 18.2. The van der Waals surface area contributed by atoms with Crippen molar-refractivity contribution in [3.8, 4) is 11.5 Å². The lowest BCUT2D eigenvalue weighted by Crippen LogP contribution is -2.59. The van der Waals surface area contributed by atoms with E-state index in [-0.39, 0.29) is 12.5 Å². The highest BCUT2D eigenvalue weighted by Gasteiger charge is 2.42. The first-order valence-electron chi connectivity index (χ1n) is 13.8. The summed E-state index contributed by atoms with van der Waals surface area (Å²) in [5.74, 6) is 1.70. The fourth-order valence-electron chi connectivity index (χ4n) is 5.33. The number of carbonyl (C=O) groups excluding carboxylic acids is 1. The molecule has 0 aromatic heterocycles. The van der Waals surface area contributed by atoms with Crippen LogP contribution in [-0.4, -0.2) is 77.0 Å². The highest BCUT2D eigenvalue weighted by molar-refractivity contribution is 6.32. The summed E-state index contributed by atoms with van der Waals surface area (Å²) in [5, 5.41) is 22.6. The third-order valence-electron chi connectivity index (χ3n) is 7.55. The number of carbonyl (C=O) groups is 1. The Bertz CT molecular complexity index is 1070. The van der Waals surface area contributed by atoms with Crippen LogP contribution in [0.4, 0.5) is 0 Å². The summed E-state index contributed by atoms with van der Waals surface area (Å²) in [5.41, 5.74) is 1.53. The lowest BCUT2D eigenvalue weighted by Gasteiger charge is -2.42. The molecule has 8 heteroatoms. The maximum Gasteiger partial charge on any atom is 0.222 e. The van der Waals surface area contributed by atoms with Crippen molar-refractivity contribution >= 4 is 17.5 Å². The van der Waals surface area contributed by atoms with Crippen molar-refractivity contribution in [2.75, 3.05) is 39.4 Å². The molecule has 2 aliphatic heterocycles. The Morgan fingerprint density at radius 2 is 1.84 bits per heavy atom. The van der Waals surface area contributed by atoms with E-state index in [1.165, 1.54) is 0 Å². The highest BCUT2D eigenvalue weighted by Crippen LogP contribution is 2.29. The zero-order valence-corrected chi connectivity index (χ0v) is 23.4. The van der Waals surface area contributed by atoms with Gasteiger partial charge in [-0.3, -0.25) is 9.69 Å². The summed E-state index contributed by atoms with van der Waals surface area (Å²) in [4.78, 5) is 16.3. The van der Waals surface area contributed by atoms with Gasteiger partial charge in [0.15, 0.2) is 0 Å². The average Bonchev–Trinajstić information content (AvgIpc) is 3.10. The third kappa shape index (κ3) is 7.63. The number of aliphatic hydroxyl groups is 2. The molecule has 7 nitrogen and oxygen atoms in total. The van der Waals surface area contributed by atoms with Crippen molar-refractivity contribution in [3.05, 3.63) is 58.1 Å². The van der Waals surface area contributed by atoms with E-state index in [1.54, 1.807) is 0 Å². The van der Waals surface area contributed by atoms with Crippen LogP contribution in [0.25, 0.3) is 0 Å². The molecule has 0 spiro atoms. The molecule has 38 heavy (non-hydrogen) atoms. The van der Waals surface area contributed by atoms with Crippen molar-refractivity contribution in [3.63, 3.8) is 0 Å². The summed E-state index contributed by atoms with van der Waals surface area (Å²) in [6, 6.07) is 11.7. The predicted molar refractivity (Wildman–Crippen MR) is 149 cm³/mol. The van der Waals surface area contributed by atoms with Crippen LogP contribution < -0.4 is 9.47 Å². The summed E-state index contributed by atoms with van der Waals surface area (Å²) >= 11 is 6.26. The summed E-state index contributed by atoms with van der Waals surface area (Å²) in [6.45, 7) is 7.60. The van der Waals surface area contributed by atoms with Gasteiger partial charge in [0.25, 0.3) is 0 Å². The molecule has 0 radical (unpaired) electrons. The van der Waals surface area contributed by atoms with E-state index in [0.29, 0.717) is 49.9 Å². The number of rotatable bonds is 10. The molecule has 0 aliphatic carbocycles. The quantitative estimate of drug-likeness (QED) is 0.428. The Morgan fingerprint density at radius 3 is 2.63 bits per heavy atom. The number of likely N-dealkylation sites (tertiary alicyclic amines) is 2. The Labute approximate surface area is 231 Å².